The molecule has 0 heterocycles. The van der Waals surface area contributed by atoms with Crippen LogP contribution in [-0.4, -0.2) is 31.9 Å². The number of hydrogen-bond donors (Lipinski definition) is 0. The Balaban J connectivity index is 3.11. The lowest BCUT2D eigenvalue weighted by atomic mass is 9.53. The first kappa shape index (κ1) is 25.4. The van der Waals surface area contributed by atoms with Crippen molar-refractivity contribution in [3.8, 4) is 6.07 Å². The second-order valence-electron chi connectivity index (χ2n) is 9.39. The summed E-state index contributed by atoms with van der Waals surface area (Å²) in [5.41, 5.74) is -1.94. The quantitative estimate of drug-likeness (QED) is 0.263. The van der Waals surface area contributed by atoms with E-state index in [2.05, 4.69) is 33.8 Å². The molecule has 0 aromatic rings. The molecule has 4 atom stereocenters. The number of nitriles is 1. The van der Waals surface area contributed by atoms with E-state index in [9.17, 15) is 9.59 Å². The van der Waals surface area contributed by atoms with Crippen LogP contribution in [0.1, 0.15) is 74.7 Å². The van der Waals surface area contributed by atoms with Crippen LogP contribution in [0.3, 0.4) is 0 Å². The molecule has 0 aromatic carbocycles. The van der Waals surface area contributed by atoms with Crippen molar-refractivity contribution in [3.63, 3.8) is 0 Å². The minimum atomic E-state index is -0.797. The lowest BCUT2D eigenvalue weighted by molar-refractivity contribution is -0.181. The Morgan fingerprint density at radius 3 is 2.24 bits per heavy atom. The van der Waals surface area contributed by atoms with Gasteiger partial charge in [-0.1, -0.05) is 41.5 Å². The number of nitrogens with zero attached hydrogens (tertiary/aromatic N) is 1. The number of carbonyl (C=O) groups is 2. The van der Waals surface area contributed by atoms with E-state index in [1.807, 2.05) is 27.7 Å². The molecule has 0 spiro atoms. The number of ether oxygens (including phenoxy) is 3. The molecule has 1 saturated carbocycles. The third kappa shape index (κ3) is 4.77. The molecule has 1 aliphatic rings. The van der Waals surface area contributed by atoms with E-state index in [1.165, 1.54) is 0 Å². The molecule has 29 heavy (non-hydrogen) atoms. The Hall–Kier alpha value is -1.61. The van der Waals surface area contributed by atoms with Crippen LogP contribution in [0.15, 0.2) is 0 Å². The van der Waals surface area contributed by atoms with Gasteiger partial charge in [0.1, 0.15) is 0 Å². The van der Waals surface area contributed by atoms with Crippen molar-refractivity contribution in [3.05, 3.63) is 0 Å². The van der Waals surface area contributed by atoms with Gasteiger partial charge in [-0.3, -0.25) is 9.59 Å². The molecule has 0 aliphatic heterocycles. The molecule has 0 bridgehead atoms. The number of carbonyl (C=O) groups excluding carboxylic acids is 2. The van der Waals surface area contributed by atoms with E-state index >= 15 is 0 Å². The molecular formula is C23H39NO5. The van der Waals surface area contributed by atoms with Gasteiger partial charge in [0.2, 0.25) is 0 Å². The van der Waals surface area contributed by atoms with Crippen molar-refractivity contribution in [1.29, 1.82) is 5.26 Å². The van der Waals surface area contributed by atoms with Gasteiger partial charge in [-0.05, 0) is 49.9 Å². The van der Waals surface area contributed by atoms with Gasteiger partial charge in [0, 0.05) is 13.0 Å². The van der Waals surface area contributed by atoms with Crippen LogP contribution in [0.4, 0.5) is 0 Å². The van der Waals surface area contributed by atoms with Crippen molar-refractivity contribution in [1.82, 2.24) is 0 Å². The highest BCUT2D eigenvalue weighted by Gasteiger charge is 2.68. The molecule has 1 fully saturated rings. The van der Waals surface area contributed by atoms with Crippen molar-refractivity contribution in [2.45, 2.75) is 74.7 Å². The average molecular weight is 410 g/mol. The normalized spacial score (nSPS) is 24.3. The fourth-order valence-electron chi connectivity index (χ4n) is 4.63. The monoisotopic (exact) mass is 409 g/mol. The SMILES string of the molecule is CCOCOC(=O)C1(C(C)C(C)(C)C(C)(C(=O)OCCCC#N)C(C)C)CC1C. The van der Waals surface area contributed by atoms with E-state index in [0.717, 1.165) is 6.42 Å². The zero-order valence-electron chi connectivity index (χ0n) is 19.5. The van der Waals surface area contributed by atoms with Crippen molar-refractivity contribution < 1.29 is 23.8 Å². The first-order valence-corrected chi connectivity index (χ1v) is 10.7. The standard InChI is InChI=1S/C23H39NO5/c1-9-27-15-29-20(26)23(14-17(23)4)18(5)21(6,7)22(8,16(2)3)19(25)28-13-11-10-12-24/h16-18H,9-11,13-15H2,1-8H3. The fourth-order valence-corrected chi connectivity index (χ4v) is 4.63. The summed E-state index contributed by atoms with van der Waals surface area (Å²) in [6.45, 7) is 16.7. The molecule has 0 aromatic heterocycles. The van der Waals surface area contributed by atoms with Gasteiger partial charge < -0.3 is 14.2 Å². The molecule has 1 rings (SSSR count). The zero-order valence-corrected chi connectivity index (χ0v) is 19.5. The highest BCUT2D eigenvalue weighted by molar-refractivity contribution is 5.82. The molecule has 6 nitrogen and oxygen atoms in total. The minimum absolute atomic E-state index is 0.00830. The summed E-state index contributed by atoms with van der Waals surface area (Å²) in [6.07, 6.45) is 1.63. The van der Waals surface area contributed by atoms with Gasteiger partial charge in [0.05, 0.1) is 23.5 Å². The molecule has 1 aliphatic carbocycles. The lowest BCUT2D eigenvalue weighted by Crippen LogP contribution is -2.53. The van der Waals surface area contributed by atoms with Crippen LogP contribution in [0, 0.1) is 45.3 Å². The molecule has 0 N–H and O–H groups in total. The maximum atomic E-state index is 13.2. The summed E-state index contributed by atoms with van der Waals surface area (Å²) in [5, 5.41) is 8.69. The van der Waals surface area contributed by atoms with Crippen LogP contribution >= 0.6 is 0 Å². The van der Waals surface area contributed by atoms with Gasteiger partial charge in [-0.2, -0.15) is 5.26 Å². The van der Waals surface area contributed by atoms with Gasteiger partial charge in [0.25, 0.3) is 0 Å². The van der Waals surface area contributed by atoms with E-state index in [1.54, 1.807) is 0 Å². The van der Waals surface area contributed by atoms with E-state index in [-0.39, 0.29) is 43.1 Å². The Bertz CT molecular complexity index is 623. The number of hydrogen-bond acceptors (Lipinski definition) is 6. The summed E-state index contributed by atoms with van der Waals surface area (Å²) in [7, 11) is 0. The zero-order chi connectivity index (χ0) is 22.5. The van der Waals surface area contributed by atoms with E-state index in [0.29, 0.717) is 19.4 Å². The molecular weight excluding hydrogens is 370 g/mol. The number of unbranched alkanes of at least 4 members (excludes halogenated alkanes) is 1. The predicted molar refractivity (Wildman–Crippen MR) is 110 cm³/mol. The second kappa shape index (κ2) is 9.93. The fraction of sp³-hybridized carbons (Fsp3) is 0.870. The van der Waals surface area contributed by atoms with Crippen LogP contribution in [0.25, 0.3) is 0 Å². The van der Waals surface area contributed by atoms with Crippen molar-refractivity contribution >= 4 is 11.9 Å². The Morgan fingerprint density at radius 1 is 1.21 bits per heavy atom. The van der Waals surface area contributed by atoms with E-state index in [4.69, 9.17) is 19.5 Å². The second-order valence-corrected chi connectivity index (χ2v) is 9.39. The largest absolute Gasteiger partial charge is 0.465 e. The third-order valence-corrected chi connectivity index (χ3v) is 7.66. The Labute approximate surface area is 176 Å². The maximum absolute atomic E-state index is 13.2. The van der Waals surface area contributed by atoms with E-state index < -0.39 is 16.2 Å². The highest BCUT2D eigenvalue weighted by Crippen LogP contribution is 2.66. The number of esters is 2. The summed E-state index contributed by atoms with van der Waals surface area (Å²) in [4.78, 5) is 26.2. The summed E-state index contributed by atoms with van der Waals surface area (Å²) in [6, 6.07) is 2.06. The third-order valence-electron chi connectivity index (χ3n) is 7.66. The molecule has 0 saturated heterocycles. The first-order chi connectivity index (χ1) is 13.4. The highest BCUT2D eigenvalue weighted by atomic mass is 16.7. The van der Waals surface area contributed by atoms with Crippen LogP contribution in [0.5, 0.6) is 0 Å². The molecule has 0 radical (unpaired) electrons. The summed E-state index contributed by atoms with van der Waals surface area (Å²) in [5.74, 6) is -0.415. The lowest BCUT2D eigenvalue weighted by Gasteiger charge is -2.50. The smallest absolute Gasteiger partial charge is 0.314 e. The molecule has 166 valence electrons. The van der Waals surface area contributed by atoms with Crippen LogP contribution in [-0.2, 0) is 23.8 Å². The maximum Gasteiger partial charge on any atom is 0.314 e. The first-order valence-electron chi connectivity index (χ1n) is 10.7. The van der Waals surface area contributed by atoms with Gasteiger partial charge >= 0.3 is 11.9 Å². The summed E-state index contributed by atoms with van der Waals surface area (Å²) < 4.78 is 16.2. The topological polar surface area (TPSA) is 85.6 Å². The minimum Gasteiger partial charge on any atom is -0.465 e. The van der Waals surface area contributed by atoms with Crippen molar-refractivity contribution in [2.24, 2.45) is 34.0 Å². The Kier molecular flexibility index (Phi) is 8.71. The average Bonchev–Trinajstić information content (AvgIpc) is 3.35. The Morgan fingerprint density at radius 2 is 1.79 bits per heavy atom. The van der Waals surface area contributed by atoms with Gasteiger partial charge in [0.15, 0.2) is 6.79 Å². The number of rotatable bonds is 12. The van der Waals surface area contributed by atoms with Crippen LogP contribution < -0.4 is 0 Å². The van der Waals surface area contributed by atoms with Gasteiger partial charge in [-0.15, -0.1) is 0 Å². The van der Waals surface area contributed by atoms with Crippen LogP contribution in [0.2, 0.25) is 0 Å². The predicted octanol–water partition coefficient (Wildman–Crippen LogP) is 4.72. The summed E-state index contributed by atoms with van der Waals surface area (Å²) >= 11 is 0. The molecule has 0 amide bonds. The van der Waals surface area contributed by atoms with Gasteiger partial charge in [-0.25, -0.2) is 0 Å². The molecule has 4 unspecified atom stereocenters. The van der Waals surface area contributed by atoms with Crippen molar-refractivity contribution in [2.75, 3.05) is 20.0 Å². The molecule has 6 heteroatoms.